The second-order valence-corrected chi connectivity index (χ2v) is 6.91. The van der Waals surface area contributed by atoms with Crippen molar-refractivity contribution < 1.29 is 9.59 Å². The van der Waals surface area contributed by atoms with Crippen molar-refractivity contribution in [1.29, 1.82) is 0 Å². The highest BCUT2D eigenvalue weighted by molar-refractivity contribution is 8.13. The van der Waals surface area contributed by atoms with Gasteiger partial charge >= 0.3 is 0 Å². The minimum atomic E-state index is 0.111. The maximum atomic E-state index is 12.3. The van der Waals surface area contributed by atoms with Crippen LogP contribution in [0.4, 0.5) is 4.79 Å². The topological polar surface area (TPSA) is 56.8 Å². The second-order valence-electron chi connectivity index (χ2n) is 5.86. The quantitative estimate of drug-likeness (QED) is 0.812. The Morgan fingerprint density at radius 2 is 1.87 bits per heavy atom. The number of rotatable bonds is 5. The number of carbonyl (C=O) groups is 2. The standard InChI is InChI=1S/C16H22N4O2S/c21-15(3-6-20-11-12-23-16(20)22)19-9-7-18(8-10-19)13-14-1-4-17-5-2-14/h1-2,4-5H,3,6-13H2. The van der Waals surface area contributed by atoms with Gasteiger partial charge in [-0.25, -0.2) is 0 Å². The Hall–Kier alpha value is -1.60. The number of pyridine rings is 1. The van der Waals surface area contributed by atoms with Crippen LogP contribution in [0.1, 0.15) is 12.0 Å². The van der Waals surface area contributed by atoms with Gasteiger partial charge in [-0.1, -0.05) is 11.8 Å². The first-order valence-corrected chi connectivity index (χ1v) is 9.01. The average Bonchev–Trinajstić information content (AvgIpc) is 2.99. The molecule has 0 saturated carbocycles. The third kappa shape index (κ3) is 4.45. The van der Waals surface area contributed by atoms with Crippen molar-refractivity contribution in [3.63, 3.8) is 0 Å². The van der Waals surface area contributed by atoms with E-state index in [-0.39, 0.29) is 11.1 Å². The monoisotopic (exact) mass is 334 g/mol. The molecule has 3 rings (SSSR count). The van der Waals surface area contributed by atoms with Gasteiger partial charge in [0.25, 0.3) is 5.24 Å². The molecular weight excluding hydrogens is 312 g/mol. The lowest BCUT2D eigenvalue weighted by Gasteiger charge is -2.35. The molecule has 0 bridgehead atoms. The predicted molar refractivity (Wildman–Crippen MR) is 90.1 cm³/mol. The van der Waals surface area contributed by atoms with E-state index in [0.717, 1.165) is 45.0 Å². The molecule has 2 fully saturated rings. The van der Waals surface area contributed by atoms with Crippen molar-refractivity contribution >= 4 is 22.9 Å². The summed E-state index contributed by atoms with van der Waals surface area (Å²) < 4.78 is 0. The molecule has 124 valence electrons. The van der Waals surface area contributed by atoms with Gasteiger partial charge in [0.05, 0.1) is 0 Å². The lowest BCUT2D eigenvalue weighted by molar-refractivity contribution is -0.133. The second kappa shape index (κ2) is 7.79. The molecule has 1 aromatic rings. The molecule has 2 aliphatic heterocycles. The first kappa shape index (κ1) is 16.3. The van der Waals surface area contributed by atoms with Crippen molar-refractivity contribution in [3.8, 4) is 0 Å². The molecule has 7 heteroatoms. The van der Waals surface area contributed by atoms with Crippen LogP contribution in [-0.2, 0) is 11.3 Å². The van der Waals surface area contributed by atoms with Crippen molar-refractivity contribution in [1.82, 2.24) is 19.7 Å². The van der Waals surface area contributed by atoms with Gasteiger partial charge in [0, 0.05) is 70.4 Å². The summed E-state index contributed by atoms with van der Waals surface area (Å²) in [6.07, 6.45) is 4.07. The van der Waals surface area contributed by atoms with Gasteiger partial charge in [0.2, 0.25) is 5.91 Å². The number of carbonyl (C=O) groups excluding carboxylic acids is 2. The number of aromatic nitrogens is 1. The molecule has 0 unspecified atom stereocenters. The third-order valence-electron chi connectivity index (χ3n) is 4.32. The first-order chi connectivity index (χ1) is 11.2. The van der Waals surface area contributed by atoms with Crippen LogP contribution in [-0.4, -0.2) is 75.9 Å². The van der Waals surface area contributed by atoms with Crippen LogP contribution in [0.2, 0.25) is 0 Å². The van der Waals surface area contributed by atoms with Crippen molar-refractivity contribution in [2.75, 3.05) is 45.0 Å². The van der Waals surface area contributed by atoms with Gasteiger partial charge in [0.15, 0.2) is 0 Å². The highest BCUT2D eigenvalue weighted by Gasteiger charge is 2.24. The molecule has 0 N–H and O–H groups in total. The minimum absolute atomic E-state index is 0.111. The van der Waals surface area contributed by atoms with E-state index in [1.165, 1.54) is 17.3 Å². The summed E-state index contributed by atoms with van der Waals surface area (Å²) in [5.74, 6) is 1.01. The van der Waals surface area contributed by atoms with Gasteiger partial charge in [-0.05, 0) is 17.7 Å². The van der Waals surface area contributed by atoms with Crippen molar-refractivity contribution in [2.45, 2.75) is 13.0 Å². The van der Waals surface area contributed by atoms with Gasteiger partial charge < -0.3 is 9.80 Å². The maximum Gasteiger partial charge on any atom is 0.281 e. The molecule has 0 aromatic carbocycles. The summed E-state index contributed by atoms with van der Waals surface area (Å²) in [5, 5.41) is 0.111. The van der Waals surface area contributed by atoms with Crippen LogP contribution >= 0.6 is 11.8 Å². The van der Waals surface area contributed by atoms with Crippen LogP contribution in [0.5, 0.6) is 0 Å². The molecule has 0 spiro atoms. The van der Waals surface area contributed by atoms with E-state index in [2.05, 4.69) is 9.88 Å². The summed E-state index contributed by atoms with van der Waals surface area (Å²) in [6, 6.07) is 4.06. The lowest BCUT2D eigenvalue weighted by atomic mass is 10.2. The molecule has 0 radical (unpaired) electrons. The summed E-state index contributed by atoms with van der Waals surface area (Å²) in [7, 11) is 0. The summed E-state index contributed by atoms with van der Waals surface area (Å²) in [6.45, 7) is 5.57. The minimum Gasteiger partial charge on any atom is -0.340 e. The fourth-order valence-electron chi connectivity index (χ4n) is 2.92. The zero-order valence-electron chi connectivity index (χ0n) is 13.2. The number of piperazine rings is 1. The Morgan fingerprint density at radius 1 is 1.13 bits per heavy atom. The summed E-state index contributed by atoms with van der Waals surface area (Å²) in [4.78, 5) is 33.9. The van der Waals surface area contributed by atoms with Crippen molar-refractivity contribution in [3.05, 3.63) is 30.1 Å². The van der Waals surface area contributed by atoms with E-state index < -0.39 is 0 Å². The first-order valence-electron chi connectivity index (χ1n) is 8.03. The molecule has 0 atom stereocenters. The molecule has 2 aliphatic rings. The lowest BCUT2D eigenvalue weighted by Crippen LogP contribution is -2.48. The van der Waals surface area contributed by atoms with Gasteiger partial charge in [0.1, 0.15) is 0 Å². The maximum absolute atomic E-state index is 12.3. The van der Waals surface area contributed by atoms with E-state index in [1.54, 1.807) is 4.90 Å². The van der Waals surface area contributed by atoms with Gasteiger partial charge in [-0.15, -0.1) is 0 Å². The highest BCUT2D eigenvalue weighted by atomic mass is 32.2. The molecular formula is C16H22N4O2S. The largest absolute Gasteiger partial charge is 0.340 e. The van der Waals surface area contributed by atoms with E-state index in [9.17, 15) is 9.59 Å². The molecule has 1 aromatic heterocycles. The number of amides is 2. The van der Waals surface area contributed by atoms with Crippen LogP contribution in [0.15, 0.2) is 24.5 Å². The fraction of sp³-hybridized carbons (Fsp3) is 0.562. The molecule has 6 nitrogen and oxygen atoms in total. The zero-order chi connectivity index (χ0) is 16.1. The van der Waals surface area contributed by atoms with Crippen LogP contribution in [0.3, 0.4) is 0 Å². The Bertz CT molecular complexity index is 546. The van der Waals surface area contributed by atoms with Gasteiger partial charge in [-0.3, -0.25) is 19.5 Å². The molecule has 0 aliphatic carbocycles. The average molecular weight is 334 g/mol. The predicted octanol–water partition coefficient (Wildman–Crippen LogP) is 1.28. The number of hydrogen-bond acceptors (Lipinski definition) is 5. The Morgan fingerprint density at radius 3 is 2.52 bits per heavy atom. The van der Waals surface area contributed by atoms with Crippen LogP contribution in [0.25, 0.3) is 0 Å². The molecule has 2 saturated heterocycles. The number of nitrogens with zero attached hydrogens (tertiary/aromatic N) is 4. The molecule has 23 heavy (non-hydrogen) atoms. The molecule has 2 amide bonds. The van der Waals surface area contributed by atoms with Crippen molar-refractivity contribution in [2.24, 2.45) is 0 Å². The Kier molecular flexibility index (Phi) is 5.51. The van der Waals surface area contributed by atoms with Crippen LogP contribution in [0, 0.1) is 0 Å². The number of thioether (sulfide) groups is 1. The summed E-state index contributed by atoms with van der Waals surface area (Å²) in [5.41, 5.74) is 1.25. The normalized spacial score (nSPS) is 19.4. The highest BCUT2D eigenvalue weighted by Crippen LogP contribution is 2.17. The third-order valence-corrected chi connectivity index (χ3v) is 5.21. The van der Waals surface area contributed by atoms with Gasteiger partial charge in [-0.2, -0.15) is 0 Å². The Labute approximate surface area is 140 Å². The SMILES string of the molecule is O=C(CCN1CCSC1=O)N1CCN(Cc2ccncc2)CC1. The van der Waals surface area contributed by atoms with Crippen LogP contribution < -0.4 is 0 Å². The van der Waals surface area contributed by atoms with E-state index in [4.69, 9.17) is 0 Å². The van der Waals surface area contributed by atoms with E-state index >= 15 is 0 Å². The Balaban J connectivity index is 1.39. The fourth-order valence-corrected chi connectivity index (χ4v) is 3.77. The number of hydrogen-bond donors (Lipinski definition) is 0. The smallest absolute Gasteiger partial charge is 0.281 e. The van der Waals surface area contributed by atoms with E-state index in [1.807, 2.05) is 29.4 Å². The summed E-state index contributed by atoms with van der Waals surface area (Å²) >= 11 is 1.34. The zero-order valence-corrected chi connectivity index (χ0v) is 14.0. The molecule has 3 heterocycles. The van der Waals surface area contributed by atoms with E-state index in [0.29, 0.717) is 13.0 Å².